The van der Waals surface area contributed by atoms with Crippen molar-refractivity contribution >= 4 is 5.97 Å². The summed E-state index contributed by atoms with van der Waals surface area (Å²) in [6.07, 6.45) is 3.96. The van der Waals surface area contributed by atoms with E-state index in [2.05, 4.69) is 11.7 Å². The normalized spacial score (nSPS) is 22.3. The summed E-state index contributed by atoms with van der Waals surface area (Å²) in [5, 5.41) is 10.9. The van der Waals surface area contributed by atoms with Crippen LogP contribution < -0.4 is 5.11 Å². The Hall–Kier alpha value is -0.990. The summed E-state index contributed by atoms with van der Waals surface area (Å²) in [5.41, 5.74) is 0.570. The highest BCUT2D eigenvalue weighted by Crippen LogP contribution is 2.27. The zero-order valence-corrected chi connectivity index (χ0v) is 8.13. The van der Waals surface area contributed by atoms with Crippen LogP contribution >= 0.6 is 0 Å². The predicted molar refractivity (Wildman–Crippen MR) is 46.4 cm³/mol. The van der Waals surface area contributed by atoms with Crippen LogP contribution in [0.1, 0.15) is 39.5 Å². The van der Waals surface area contributed by atoms with Crippen molar-refractivity contribution in [2.75, 3.05) is 0 Å². The first kappa shape index (κ1) is 10.1. The van der Waals surface area contributed by atoms with Crippen molar-refractivity contribution in [3.63, 3.8) is 0 Å². The van der Waals surface area contributed by atoms with Crippen molar-refractivity contribution in [1.82, 2.24) is 0 Å². The standard InChI is InChI=1S/C10H16O3/c1-3-4-5-6-8-7(2)9(11)13-10(8)12/h8,11H,3-6H2,1-2H3/p-1. The van der Waals surface area contributed by atoms with Crippen molar-refractivity contribution < 1.29 is 14.6 Å². The minimum absolute atomic E-state index is 0.265. The molecule has 0 fully saturated rings. The first-order chi connectivity index (χ1) is 6.16. The molecule has 1 atom stereocenters. The molecule has 1 rings (SSSR count). The van der Waals surface area contributed by atoms with E-state index in [4.69, 9.17) is 0 Å². The number of ether oxygens (including phenoxy) is 1. The van der Waals surface area contributed by atoms with Crippen LogP contribution in [-0.4, -0.2) is 5.97 Å². The average Bonchev–Trinajstić information content (AvgIpc) is 2.32. The Bertz CT molecular complexity index is 230. The van der Waals surface area contributed by atoms with Crippen LogP contribution in [0.3, 0.4) is 0 Å². The lowest BCUT2D eigenvalue weighted by molar-refractivity contribution is -0.348. The maximum absolute atomic E-state index is 11.1. The van der Waals surface area contributed by atoms with Gasteiger partial charge in [-0.1, -0.05) is 26.2 Å². The van der Waals surface area contributed by atoms with E-state index in [9.17, 15) is 9.90 Å². The largest absolute Gasteiger partial charge is 0.552 e. The van der Waals surface area contributed by atoms with Crippen LogP contribution in [0.5, 0.6) is 0 Å². The summed E-state index contributed by atoms with van der Waals surface area (Å²) >= 11 is 0. The van der Waals surface area contributed by atoms with Gasteiger partial charge in [-0.15, -0.1) is 0 Å². The van der Waals surface area contributed by atoms with Gasteiger partial charge in [-0.2, -0.15) is 0 Å². The molecule has 0 spiro atoms. The zero-order valence-electron chi connectivity index (χ0n) is 8.13. The number of unbranched alkanes of at least 4 members (excludes halogenated alkanes) is 2. The van der Waals surface area contributed by atoms with Gasteiger partial charge in [-0.05, 0) is 18.9 Å². The third kappa shape index (κ3) is 2.23. The lowest BCUT2D eigenvalue weighted by Gasteiger charge is -2.09. The number of esters is 1. The highest BCUT2D eigenvalue weighted by atomic mass is 16.6. The Labute approximate surface area is 78.4 Å². The van der Waals surface area contributed by atoms with Crippen LogP contribution in [-0.2, 0) is 9.53 Å². The van der Waals surface area contributed by atoms with Crippen molar-refractivity contribution in [1.29, 1.82) is 0 Å². The first-order valence-electron chi connectivity index (χ1n) is 4.76. The summed E-state index contributed by atoms with van der Waals surface area (Å²) in [5.74, 6) is -1.07. The van der Waals surface area contributed by atoms with Crippen molar-refractivity contribution in [2.45, 2.75) is 39.5 Å². The second-order valence-electron chi connectivity index (χ2n) is 3.44. The van der Waals surface area contributed by atoms with Gasteiger partial charge in [0.25, 0.3) is 0 Å². The smallest absolute Gasteiger partial charge is 0.209 e. The fraction of sp³-hybridized carbons (Fsp3) is 0.700. The minimum Gasteiger partial charge on any atom is -0.552 e. The third-order valence-corrected chi connectivity index (χ3v) is 2.42. The van der Waals surface area contributed by atoms with Crippen molar-refractivity contribution in [2.24, 2.45) is 5.92 Å². The monoisotopic (exact) mass is 183 g/mol. The maximum Gasteiger partial charge on any atom is 0.209 e. The quantitative estimate of drug-likeness (QED) is 0.488. The van der Waals surface area contributed by atoms with Gasteiger partial charge >= 0.3 is 0 Å². The molecule has 0 radical (unpaired) electrons. The molecular formula is C10H15O3-. The van der Waals surface area contributed by atoms with Crippen LogP contribution in [0.2, 0.25) is 0 Å². The van der Waals surface area contributed by atoms with Crippen LogP contribution in [0, 0.1) is 5.92 Å². The third-order valence-electron chi connectivity index (χ3n) is 2.42. The Balaban J connectivity index is 2.45. The molecule has 0 N–H and O–H groups in total. The lowest BCUT2D eigenvalue weighted by Crippen LogP contribution is -2.10. The summed E-state index contributed by atoms with van der Waals surface area (Å²) in [7, 11) is 0. The van der Waals surface area contributed by atoms with Gasteiger partial charge in [0.1, 0.15) is 0 Å². The molecule has 0 aromatic heterocycles. The summed E-state index contributed by atoms with van der Waals surface area (Å²) in [4.78, 5) is 11.1. The summed E-state index contributed by atoms with van der Waals surface area (Å²) in [6.45, 7) is 3.79. The Morgan fingerprint density at radius 1 is 1.46 bits per heavy atom. The molecule has 0 saturated heterocycles. The molecule has 1 aliphatic rings. The molecule has 0 aliphatic carbocycles. The topological polar surface area (TPSA) is 49.4 Å². The SMILES string of the molecule is CCCCCC1C(=O)OC([O-])=C1C. The molecule has 1 unspecified atom stereocenters. The van der Waals surface area contributed by atoms with E-state index in [0.717, 1.165) is 25.7 Å². The maximum atomic E-state index is 11.1. The molecule has 0 aromatic rings. The number of hydrogen-bond donors (Lipinski definition) is 0. The minimum atomic E-state index is -0.438. The molecule has 1 aliphatic heterocycles. The molecule has 0 saturated carbocycles. The molecule has 13 heavy (non-hydrogen) atoms. The summed E-state index contributed by atoms with van der Waals surface area (Å²) in [6, 6.07) is 0. The van der Waals surface area contributed by atoms with Gasteiger partial charge < -0.3 is 9.84 Å². The molecule has 74 valence electrons. The highest BCUT2D eigenvalue weighted by Gasteiger charge is 2.24. The van der Waals surface area contributed by atoms with Crippen LogP contribution in [0.25, 0.3) is 0 Å². The van der Waals surface area contributed by atoms with Gasteiger partial charge in [0.05, 0.1) is 11.9 Å². The highest BCUT2D eigenvalue weighted by molar-refractivity contribution is 5.79. The van der Waals surface area contributed by atoms with E-state index in [1.54, 1.807) is 6.92 Å². The fourth-order valence-corrected chi connectivity index (χ4v) is 1.49. The number of hydrogen-bond acceptors (Lipinski definition) is 3. The van der Waals surface area contributed by atoms with Crippen molar-refractivity contribution in [3.8, 4) is 0 Å². The molecule has 3 heteroatoms. The number of cyclic esters (lactones) is 1. The predicted octanol–water partition coefficient (Wildman–Crippen LogP) is 1.33. The van der Waals surface area contributed by atoms with E-state index in [1.807, 2.05) is 0 Å². The van der Waals surface area contributed by atoms with E-state index < -0.39 is 5.95 Å². The molecule has 3 nitrogen and oxygen atoms in total. The summed E-state index contributed by atoms with van der Waals surface area (Å²) < 4.78 is 4.50. The molecule has 0 amide bonds. The Morgan fingerprint density at radius 2 is 2.15 bits per heavy atom. The van der Waals surface area contributed by atoms with E-state index in [1.165, 1.54) is 0 Å². The van der Waals surface area contributed by atoms with E-state index >= 15 is 0 Å². The van der Waals surface area contributed by atoms with Crippen LogP contribution in [0.15, 0.2) is 11.5 Å². The molecule has 0 aromatic carbocycles. The lowest BCUT2D eigenvalue weighted by atomic mass is 9.96. The Kier molecular flexibility index (Phi) is 3.34. The number of rotatable bonds is 4. The van der Waals surface area contributed by atoms with E-state index in [-0.39, 0.29) is 11.9 Å². The number of carbonyl (C=O) groups excluding carboxylic acids is 1. The fourth-order valence-electron chi connectivity index (χ4n) is 1.49. The molecular weight excluding hydrogens is 168 g/mol. The Morgan fingerprint density at radius 3 is 2.62 bits per heavy atom. The van der Waals surface area contributed by atoms with Gasteiger partial charge in [0.2, 0.25) is 5.97 Å². The van der Waals surface area contributed by atoms with Gasteiger partial charge in [-0.3, -0.25) is 4.79 Å². The second kappa shape index (κ2) is 4.30. The van der Waals surface area contributed by atoms with Crippen molar-refractivity contribution in [3.05, 3.63) is 11.5 Å². The van der Waals surface area contributed by atoms with Crippen LogP contribution in [0.4, 0.5) is 0 Å². The van der Waals surface area contributed by atoms with Gasteiger partial charge in [-0.25, -0.2) is 0 Å². The molecule has 1 heterocycles. The van der Waals surface area contributed by atoms with Gasteiger partial charge in [0, 0.05) is 0 Å². The first-order valence-corrected chi connectivity index (χ1v) is 4.76. The average molecular weight is 183 g/mol. The zero-order chi connectivity index (χ0) is 9.84. The van der Waals surface area contributed by atoms with Gasteiger partial charge in [0.15, 0.2) is 0 Å². The number of carbonyl (C=O) groups is 1. The molecule has 0 bridgehead atoms. The second-order valence-corrected chi connectivity index (χ2v) is 3.44. The van der Waals surface area contributed by atoms with E-state index in [0.29, 0.717) is 5.57 Å².